The van der Waals surface area contributed by atoms with E-state index in [9.17, 15) is 14.3 Å². The number of carbonyl (C=O) groups excluding carboxylic acids is 1. The van der Waals surface area contributed by atoms with Gasteiger partial charge in [-0.2, -0.15) is 4.39 Å². The number of hydrogen-bond donors (Lipinski definition) is 1. The molecule has 0 radical (unpaired) electrons. The Morgan fingerprint density at radius 1 is 1.27 bits per heavy atom. The van der Waals surface area contributed by atoms with Crippen LogP contribution in [0.15, 0.2) is 42.6 Å². The van der Waals surface area contributed by atoms with Crippen LogP contribution in [0.25, 0.3) is 0 Å². The zero-order valence-electron chi connectivity index (χ0n) is 12.7. The third kappa shape index (κ3) is 3.89. The summed E-state index contributed by atoms with van der Waals surface area (Å²) in [5, 5.41) is 10.3. The number of rotatable bonds is 5. The molecule has 1 atom stereocenters. The number of aliphatic hydroxyl groups excluding tert-OH is 1. The normalized spacial score (nSPS) is 12.0. The van der Waals surface area contributed by atoms with E-state index in [1.165, 1.54) is 17.2 Å². The van der Waals surface area contributed by atoms with Gasteiger partial charge in [0.25, 0.3) is 5.91 Å². The first kappa shape index (κ1) is 16.1. The van der Waals surface area contributed by atoms with E-state index < -0.39 is 12.1 Å². The number of aliphatic hydroxyl groups is 1. The quantitative estimate of drug-likeness (QED) is 0.864. The van der Waals surface area contributed by atoms with Crippen LogP contribution in [0.3, 0.4) is 0 Å². The molecule has 0 saturated carbocycles. The minimum atomic E-state index is -0.766. The Balaban J connectivity index is 2.09. The summed E-state index contributed by atoms with van der Waals surface area (Å²) in [6, 6.07) is 10.1. The summed E-state index contributed by atoms with van der Waals surface area (Å²) in [4.78, 5) is 17.4. The molecule has 0 spiro atoms. The van der Waals surface area contributed by atoms with Crippen LogP contribution in [-0.4, -0.2) is 34.0 Å². The molecular formula is C17H19FN2O2. The summed E-state index contributed by atoms with van der Waals surface area (Å²) in [6.45, 7) is 4.42. The lowest BCUT2D eigenvalue weighted by atomic mass is 10.1. The van der Waals surface area contributed by atoms with Crippen molar-refractivity contribution < 1.29 is 14.3 Å². The highest BCUT2D eigenvalue weighted by atomic mass is 19.1. The summed E-state index contributed by atoms with van der Waals surface area (Å²) >= 11 is 0. The fourth-order valence-electron chi connectivity index (χ4n) is 2.14. The highest BCUT2D eigenvalue weighted by molar-refractivity contribution is 5.93. The molecule has 1 unspecified atom stereocenters. The van der Waals surface area contributed by atoms with Gasteiger partial charge in [-0.25, -0.2) is 4.98 Å². The summed E-state index contributed by atoms with van der Waals surface area (Å²) in [6.07, 6.45) is 0.441. The molecule has 2 aromatic rings. The van der Waals surface area contributed by atoms with Gasteiger partial charge in [0.05, 0.1) is 18.2 Å². The van der Waals surface area contributed by atoms with Crippen LogP contribution in [0, 0.1) is 12.9 Å². The van der Waals surface area contributed by atoms with Crippen molar-refractivity contribution in [1.82, 2.24) is 9.88 Å². The third-order valence-electron chi connectivity index (χ3n) is 3.50. The molecule has 0 fully saturated rings. The number of hydrogen-bond acceptors (Lipinski definition) is 3. The predicted octanol–water partition coefficient (Wildman–Crippen LogP) is 2.72. The molecule has 0 aliphatic heterocycles. The Morgan fingerprint density at radius 2 is 1.95 bits per heavy atom. The summed E-state index contributed by atoms with van der Waals surface area (Å²) in [5.74, 6) is -0.902. The zero-order valence-corrected chi connectivity index (χ0v) is 12.7. The fraction of sp³-hybridized carbons (Fsp3) is 0.294. The van der Waals surface area contributed by atoms with Gasteiger partial charge >= 0.3 is 0 Å². The van der Waals surface area contributed by atoms with E-state index >= 15 is 0 Å². The van der Waals surface area contributed by atoms with Crippen LogP contribution < -0.4 is 0 Å². The summed E-state index contributed by atoms with van der Waals surface area (Å²) < 4.78 is 12.8. The molecule has 1 N–H and O–H groups in total. The lowest BCUT2D eigenvalue weighted by molar-refractivity contribution is 0.0634. The number of aromatic nitrogens is 1. The van der Waals surface area contributed by atoms with Crippen LogP contribution in [0.1, 0.15) is 34.5 Å². The Labute approximate surface area is 129 Å². The SMILES string of the molecule is CCN(CC(O)c1ccc(C)cc1)C(=O)c1ccc(F)nc1. The van der Waals surface area contributed by atoms with E-state index in [0.29, 0.717) is 12.1 Å². The molecule has 1 aromatic carbocycles. The number of nitrogens with zero attached hydrogens (tertiary/aromatic N) is 2. The van der Waals surface area contributed by atoms with Gasteiger partial charge in [0, 0.05) is 12.7 Å². The van der Waals surface area contributed by atoms with Gasteiger partial charge in [-0.05, 0) is 31.5 Å². The number of benzene rings is 1. The Morgan fingerprint density at radius 3 is 2.50 bits per heavy atom. The number of halogens is 1. The molecule has 1 heterocycles. The Bertz CT molecular complexity index is 626. The molecular weight excluding hydrogens is 283 g/mol. The molecule has 5 heteroatoms. The van der Waals surface area contributed by atoms with E-state index in [2.05, 4.69) is 4.98 Å². The number of carbonyl (C=O) groups is 1. The van der Waals surface area contributed by atoms with Crippen LogP contribution in [-0.2, 0) is 0 Å². The maximum Gasteiger partial charge on any atom is 0.255 e. The van der Waals surface area contributed by atoms with E-state index in [0.717, 1.165) is 17.2 Å². The summed E-state index contributed by atoms with van der Waals surface area (Å²) in [5.41, 5.74) is 2.17. The predicted molar refractivity (Wildman–Crippen MR) is 81.9 cm³/mol. The largest absolute Gasteiger partial charge is 0.387 e. The van der Waals surface area contributed by atoms with Crippen molar-refractivity contribution in [1.29, 1.82) is 0 Å². The van der Waals surface area contributed by atoms with Gasteiger partial charge < -0.3 is 10.0 Å². The van der Waals surface area contributed by atoms with Crippen molar-refractivity contribution in [2.45, 2.75) is 20.0 Å². The number of aryl methyl sites for hydroxylation is 1. The molecule has 4 nitrogen and oxygen atoms in total. The number of pyridine rings is 1. The Kier molecular flexibility index (Phi) is 5.22. The maximum absolute atomic E-state index is 12.8. The molecule has 0 saturated heterocycles. The van der Waals surface area contributed by atoms with Gasteiger partial charge in [-0.15, -0.1) is 0 Å². The fourth-order valence-corrected chi connectivity index (χ4v) is 2.14. The van der Waals surface area contributed by atoms with Crippen molar-refractivity contribution in [3.8, 4) is 0 Å². The van der Waals surface area contributed by atoms with Gasteiger partial charge in [0.15, 0.2) is 0 Å². The second-order valence-electron chi connectivity index (χ2n) is 5.14. The minimum Gasteiger partial charge on any atom is -0.387 e. The molecule has 0 bridgehead atoms. The van der Waals surface area contributed by atoms with E-state index in [1.54, 1.807) is 0 Å². The van der Waals surface area contributed by atoms with Crippen LogP contribution in [0.2, 0.25) is 0 Å². The van der Waals surface area contributed by atoms with Crippen molar-refractivity contribution in [3.05, 3.63) is 65.2 Å². The van der Waals surface area contributed by atoms with Gasteiger partial charge in [0.2, 0.25) is 5.95 Å². The monoisotopic (exact) mass is 302 g/mol. The molecule has 0 aliphatic carbocycles. The molecule has 0 aliphatic rings. The van der Waals surface area contributed by atoms with Crippen molar-refractivity contribution in [2.75, 3.05) is 13.1 Å². The second kappa shape index (κ2) is 7.13. The van der Waals surface area contributed by atoms with Gasteiger partial charge in [-0.1, -0.05) is 29.8 Å². The topological polar surface area (TPSA) is 53.4 Å². The van der Waals surface area contributed by atoms with E-state index in [4.69, 9.17) is 0 Å². The first-order valence-electron chi connectivity index (χ1n) is 7.16. The molecule has 1 amide bonds. The van der Waals surface area contributed by atoms with E-state index in [1.807, 2.05) is 38.1 Å². The van der Waals surface area contributed by atoms with Crippen LogP contribution >= 0.6 is 0 Å². The van der Waals surface area contributed by atoms with Crippen molar-refractivity contribution >= 4 is 5.91 Å². The average Bonchev–Trinajstić information content (AvgIpc) is 2.53. The van der Waals surface area contributed by atoms with Crippen LogP contribution in [0.4, 0.5) is 4.39 Å². The first-order valence-corrected chi connectivity index (χ1v) is 7.16. The standard InChI is InChI=1S/C17H19FN2O2/c1-3-20(17(22)14-8-9-16(18)19-10-14)11-15(21)13-6-4-12(2)5-7-13/h4-10,15,21H,3,11H2,1-2H3. The number of likely N-dealkylation sites (N-methyl/N-ethyl adjacent to an activating group) is 1. The number of amides is 1. The minimum absolute atomic E-state index is 0.176. The average molecular weight is 302 g/mol. The first-order chi connectivity index (χ1) is 10.5. The highest BCUT2D eigenvalue weighted by Gasteiger charge is 2.19. The Hall–Kier alpha value is -2.27. The molecule has 116 valence electrons. The smallest absolute Gasteiger partial charge is 0.255 e. The van der Waals surface area contributed by atoms with Gasteiger partial charge in [0.1, 0.15) is 0 Å². The van der Waals surface area contributed by atoms with Crippen molar-refractivity contribution in [3.63, 3.8) is 0 Å². The summed E-state index contributed by atoms with van der Waals surface area (Å²) in [7, 11) is 0. The molecule has 2 rings (SSSR count). The zero-order chi connectivity index (χ0) is 16.1. The lowest BCUT2D eigenvalue weighted by Gasteiger charge is -2.24. The third-order valence-corrected chi connectivity index (χ3v) is 3.50. The molecule has 1 aromatic heterocycles. The lowest BCUT2D eigenvalue weighted by Crippen LogP contribution is -2.34. The molecule has 22 heavy (non-hydrogen) atoms. The maximum atomic E-state index is 12.8. The van der Waals surface area contributed by atoms with Crippen molar-refractivity contribution in [2.24, 2.45) is 0 Å². The van der Waals surface area contributed by atoms with Crippen LogP contribution in [0.5, 0.6) is 0 Å². The second-order valence-corrected chi connectivity index (χ2v) is 5.14. The highest BCUT2D eigenvalue weighted by Crippen LogP contribution is 2.16. The van der Waals surface area contributed by atoms with Gasteiger partial charge in [-0.3, -0.25) is 4.79 Å². The van der Waals surface area contributed by atoms with E-state index in [-0.39, 0.29) is 12.5 Å².